The standard InChI is InChI=1S/C33H28F2N2O2.B97/c1-38-30-18-26-22(15-31(30)39-19-20-5-3-2-4-6-20)13-14-37-29(26)17-27-25-12-11-24(35)16-28(25)36-32(27)33(37)21-7-9-23(34)10-8-21;1-50-75(51(2)3)87(74(48)49)93(86(72(44)45)73(46)47)96(92(84(68(36)37)69(38)39)85(70(40)41)71(42)43)97(94(88(76(52(4)5)53(6)7)77(54(8)9)55(10)11)89(78(56(12)13)57(14)15)79(58(16)17)59(18)19)95(90(80(60(20)21)61(22)23)81(62(24)25)63(26)27)91(82(64(28)29)65(30)31)83(66(32)33)67(34)35/h2-12,15-16,18,29,33,36H,13-14,17,19H2,1H3;. The van der Waals surface area contributed by atoms with E-state index < -0.39 is 300 Å². The van der Waals surface area contributed by atoms with Crippen molar-refractivity contribution < 1.29 is 18.3 Å². The number of benzene rings is 4. The Kier molecular flexibility index (Phi) is 53.7. The van der Waals surface area contributed by atoms with Gasteiger partial charge in [0.15, 0.2) is 11.5 Å². The van der Waals surface area contributed by atoms with E-state index in [1.807, 2.05) is 48.5 Å². The maximum Gasteiger partial charge on any atom is 0.161 e. The number of aromatic amines is 1. The number of fused-ring (bicyclic) bond motifs is 6. The van der Waals surface area contributed by atoms with Crippen molar-refractivity contribution in [2.45, 2.75) is 31.5 Å². The molecule has 1 N–H and O–H groups in total. The number of nitrogens with zero attached hydrogens (tertiary/aromatic N) is 1. The summed E-state index contributed by atoms with van der Waals surface area (Å²) in [5.41, 5.74) is 7.57. The van der Waals surface area contributed by atoms with Gasteiger partial charge in [-0.25, -0.2) is 8.78 Å². The molecule has 2 unspecified atom stereocenters. The minimum absolute atomic E-state index is 0.0810. The number of halogens is 2. The second-order valence-corrected chi connectivity index (χ2v) is 37.7. The van der Waals surface area contributed by atoms with Crippen molar-refractivity contribution in [3.05, 3.63) is 130 Å². The normalized spacial score (nSPS) is 12.3. The number of nitrogens with one attached hydrogen (secondary N) is 1. The lowest BCUT2D eigenvalue weighted by molar-refractivity contribution is 0.127. The number of hydrogen-bond donors (Lipinski definition) is 1. The zero-order chi connectivity index (χ0) is 103. The SMILES string of the molecule is COc1cc2c(cc1OCc1ccccc1)CCN1C2Cc2c([nH]c3cc(F)ccc23)C1c1ccc(F)cc1.[B][B]B(B([B])[B])B(B([B])[B])B(B(B([B])[B])B([B])[B])B(B(B(B([B])[B])B([B])[B])B(B([B])[B])B([B])[B])B(B(B(B(B([B])[B])B([B])[B])B(B([B])[B])B([B])[B])B(B(B([B])[B])B([B])[B])B(B([B])[B])B([B])[B])B(B(B(B([B])[B])B([B])[B])B(B([B])[B])B([B])[B])B(B(B([B])[B])B([B])[B])B(B([B])[B])B([B])[B]. The summed E-state index contributed by atoms with van der Waals surface area (Å²) in [6.45, 7) is 1.29. The molecule has 136 heavy (non-hydrogen) atoms. The van der Waals surface area contributed by atoms with Crippen LogP contribution in [0.2, 0.25) is 0 Å². The number of aromatic nitrogens is 1. The Balaban J connectivity index is 0.000000589. The lowest BCUT2D eigenvalue weighted by atomic mass is 8.18. The largest absolute Gasteiger partial charge is 0.493 e. The first-order valence-corrected chi connectivity index (χ1v) is 45.3. The molecule has 2 atom stereocenters. The summed E-state index contributed by atoms with van der Waals surface area (Å²) in [5, 5.41) is 1.03. The minimum atomic E-state index is -2.26. The predicted molar refractivity (Wildman–Crippen MR) is 705 cm³/mol. The Morgan fingerprint density at radius 2 is 0.603 bits per heavy atom. The van der Waals surface area contributed by atoms with Crippen LogP contribution in [0, 0.1) is 11.6 Å². The Bertz CT molecular complexity index is 3930. The molecule has 103 heteroatoms. The third kappa shape index (κ3) is 31.0. The predicted octanol–water partition coefficient (Wildman–Crippen LogP) is -29.7. The van der Waals surface area contributed by atoms with Gasteiger partial charge in [0.1, 0.15) is 18.2 Å². The zero-order valence-electron chi connectivity index (χ0n) is 77.6. The van der Waals surface area contributed by atoms with E-state index in [4.69, 9.17) is 389 Å². The molecular weight excluding hydrogens is 1540 g/mol. The van der Waals surface area contributed by atoms with Crippen LogP contribution in [0.5, 0.6) is 11.5 Å². The highest BCUT2D eigenvalue weighted by Crippen LogP contribution is 2.50. The fraction of sp³-hybridized carbons (Fsp3) is 0.212. The molecule has 0 aliphatic carbocycles. The van der Waals surface area contributed by atoms with E-state index in [-0.39, 0.29) is 23.7 Å². The van der Waals surface area contributed by atoms with Gasteiger partial charge in [-0.1, -0.05) is 42.5 Å². The molecule has 3 heterocycles. The fourth-order valence-electron chi connectivity index (χ4n) is 23.8. The molecule has 0 spiro atoms. The lowest BCUT2D eigenvalue weighted by Crippen LogP contribution is -3.01. The monoisotopic (exact) mass is 1590 g/mol. The average molecular weight is 1570 g/mol. The molecule has 1 aromatic heterocycles. The molecular formula is C33H28B97F2N2O2. The molecule has 5 aromatic rings. The highest BCUT2D eigenvalue weighted by atomic mass is 19.1. The van der Waals surface area contributed by atoms with Crippen molar-refractivity contribution in [1.29, 1.82) is 0 Å². The molecule has 0 saturated carbocycles. The molecule has 0 amide bonds. The van der Waals surface area contributed by atoms with E-state index >= 15 is 0 Å². The van der Waals surface area contributed by atoms with Gasteiger partial charge in [-0.15, -0.1) is 0 Å². The molecule has 487 valence electrons. The Morgan fingerprint density at radius 1 is 0.324 bits per heavy atom. The topological polar surface area (TPSA) is 37.5 Å². The van der Waals surface area contributed by atoms with Gasteiger partial charge in [-0.2, -0.15) is 0 Å². The van der Waals surface area contributed by atoms with Crippen LogP contribution >= 0.6 is 0 Å². The quantitative estimate of drug-likeness (QED) is 0.0394. The van der Waals surface area contributed by atoms with Crippen LogP contribution in [0.3, 0.4) is 0 Å². The molecule has 99 radical (unpaired) electrons. The summed E-state index contributed by atoms with van der Waals surface area (Å²) in [6, 6.07) is 26.0. The number of rotatable bonds is 52. The van der Waals surface area contributed by atoms with E-state index in [0.29, 0.717) is 12.4 Å². The first kappa shape index (κ1) is 127. The van der Waals surface area contributed by atoms with Crippen molar-refractivity contribution in [2.24, 2.45) is 0 Å². The minimum Gasteiger partial charge on any atom is -0.493 e. The number of methoxy groups -OCH3 is 1. The van der Waals surface area contributed by atoms with Gasteiger partial charge in [-0.05, 0) is 83.1 Å². The van der Waals surface area contributed by atoms with Crippen LogP contribution in [0.4, 0.5) is 8.78 Å². The van der Waals surface area contributed by atoms with Crippen molar-refractivity contribution >= 4 is 697 Å². The average Bonchev–Trinajstić information content (AvgIpc) is 1.32. The van der Waals surface area contributed by atoms with Crippen LogP contribution in [0.25, 0.3) is 10.9 Å². The van der Waals surface area contributed by atoms with Crippen LogP contribution < -0.4 is 9.47 Å². The van der Waals surface area contributed by atoms with Gasteiger partial charge in [0.2, 0.25) is 0 Å². The van der Waals surface area contributed by atoms with Crippen LogP contribution in [0.15, 0.2) is 84.9 Å². The third-order valence-corrected chi connectivity index (χ3v) is 28.8. The lowest BCUT2D eigenvalue weighted by Gasteiger charge is -2.63. The molecule has 4 aromatic carbocycles. The summed E-state index contributed by atoms with van der Waals surface area (Å²) in [7, 11) is 350. The molecule has 0 fully saturated rings. The van der Waals surface area contributed by atoms with Crippen molar-refractivity contribution in [2.75, 3.05) is 13.7 Å². The zero-order valence-corrected chi connectivity index (χ0v) is 77.6. The van der Waals surface area contributed by atoms with Gasteiger partial charge in [0.25, 0.3) is 0 Å². The first-order chi connectivity index (χ1) is 63.2. The maximum absolute atomic E-state index is 14.2. The molecule has 0 saturated heterocycles. The summed E-state index contributed by atoms with van der Waals surface area (Å²) in [4.78, 5) is 6.00. The summed E-state index contributed by atoms with van der Waals surface area (Å²) in [5.74, 6) is 0.913. The Hall–Kier alpha value is 2.14. The van der Waals surface area contributed by atoms with E-state index in [2.05, 4.69) is 22.0 Å². The summed E-state index contributed by atoms with van der Waals surface area (Å²) in [6.07, 6.45) is -85.7. The summed E-state index contributed by atoms with van der Waals surface area (Å²) < 4.78 is 40.1. The molecule has 4 nitrogen and oxygen atoms in total. The van der Waals surface area contributed by atoms with Crippen molar-refractivity contribution in [3.8, 4) is 11.5 Å². The molecule has 2 aliphatic rings. The van der Waals surface area contributed by atoms with Gasteiger partial charge >= 0.3 is 0 Å². The number of H-pyrrole nitrogens is 1. The highest BCUT2D eigenvalue weighted by Gasteiger charge is 2.69. The van der Waals surface area contributed by atoms with E-state index in [0.717, 1.165) is 59.9 Å². The van der Waals surface area contributed by atoms with Crippen LogP contribution in [0.1, 0.15) is 45.6 Å². The number of hydrogen-bond acceptors (Lipinski definition) is 3. The third-order valence-electron chi connectivity index (χ3n) is 28.8. The fourth-order valence-corrected chi connectivity index (χ4v) is 23.8. The maximum atomic E-state index is 14.2. The van der Waals surface area contributed by atoms with Gasteiger partial charge in [-0.3, -0.25) is 4.90 Å². The van der Waals surface area contributed by atoms with E-state index in [1.54, 1.807) is 13.2 Å². The van der Waals surface area contributed by atoms with Gasteiger partial charge in [0.05, 0.1) is 13.2 Å². The smallest absolute Gasteiger partial charge is 0.161 e. The highest BCUT2D eigenvalue weighted by molar-refractivity contribution is 8.44. The molecule has 0 bridgehead atoms. The second kappa shape index (κ2) is 57.6. The van der Waals surface area contributed by atoms with E-state index in [9.17, 15) is 8.78 Å². The molecule has 2 aliphatic heterocycles. The van der Waals surface area contributed by atoms with Crippen molar-refractivity contribution in [3.63, 3.8) is 0 Å². The summed E-state index contributed by atoms with van der Waals surface area (Å²) >= 11 is 0. The van der Waals surface area contributed by atoms with Crippen molar-refractivity contribution in [1.82, 2.24) is 9.88 Å². The molecule has 7 rings (SSSR count). The Labute approximate surface area is 903 Å². The van der Waals surface area contributed by atoms with Gasteiger partial charge < -0.3 is 14.5 Å². The van der Waals surface area contributed by atoms with Crippen LogP contribution in [-0.2, 0) is 19.4 Å². The Morgan fingerprint density at radius 3 is 0.875 bits per heavy atom. The van der Waals surface area contributed by atoms with E-state index in [1.165, 1.54) is 34.9 Å². The second-order valence-electron chi connectivity index (χ2n) is 37.7. The van der Waals surface area contributed by atoms with Gasteiger partial charge in [0, 0.05) is 715 Å². The number of ether oxygens (including phenoxy) is 2. The first-order valence-electron chi connectivity index (χ1n) is 45.3. The van der Waals surface area contributed by atoms with Crippen LogP contribution in [-0.4, -0.2) is 710 Å².